The number of rotatable bonds is 2. The number of hydrogen-bond acceptors (Lipinski definition) is 4. The summed E-state index contributed by atoms with van der Waals surface area (Å²) in [5, 5.41) is 2.55. The lowest BCUT2D eigenvalue weighted by Crippen LogP contribution is -2.29. The standard InChI is InChI=1S/C14H17ClN2O3S/c1-6-7-9-8-10(21(5,19)20)12(16-11(9)15)17-13(18)14(2,3)4/h8H,1-5H3,(H,16,17,18). The van der Waals surface area contributed by atoms with E-state index in [2.05, 4.69) is 22.1 Å². The second-order valence-electron chi connectivity index (χ2n) is 5.52. The molecule has 0 atom stereocenters. The van der Waals surface area contributed by atoms with Gasteiger partial charge in [0, 0.05) is 11.7 Å². The molecular formula is C14H17ClN2O3S. The lowest BCUT2D eigenvalue weighted by Gasteiger charge is -2.18. The van der Waals surface area contributed by atoms with Crippen molar-refractivity contribution >= 4 is 33.2 Å². The molecule has 0 saturated carbocycles. The normalized spacial score (nSPS) is 11.5. The molecule has 1 aromatic heterocycles. The molecule has 0 spiro atoms. The smallest absolute Gasteiger partial charge is 0.230 e. The first kappa shape index (κ1) is 17.5. The van der Waals surface area contributed by atoms with E-state index in [1.807, 2.05) is 0 Å². The van der Waals surface area contributed by atoms with E-state index in [9.17, 15) is 13.2 Å². The van der Waals surface area contributed by atoms with Gasteiger partial charge in [0.15, 0.2) is 15.7 Å². The van der Waals surface area contributed by atoms with Gasteiger partial charge in [-0.2, -0.15) is 0 Å². The first-order valence-corrected chi connectivity index (χ1v) is 8.38. The van der Waals surface area contributed by atoms with E-state index in [4.69, 9.17) is 11.6 Å². The van der Waals surface area contributed by atoms with Crippen LogP contribution in [0.3, 0.4) is 0 Å². The van der Waals surface area contributed by atoms with Gasteiger partial charge in [0.05, 0.1) is 5.56 Å². The molecule has 1 N–H and O–H groups in total. The van der Waals surface area contributed by atoms with Crippen molar-refractivity contribution < 1.29 is 13.2 Å². The van der Waals surface area contributed by atoms with Crippen molar-refractivity contribution in [3.05, 3.63) is 16.8 Å². The molecular weight excluding hydrogens is 312 g/mol. The minimum absolute atomic E-state index is 0.0426. The quantitative estimate of drug-likeness (QED) is 0.668. The third kappa shape index (κ3) is 4.45. The Balaban J connectivity index is 3.47. The van der Waals surface area contributed by atoms with Crippen LogP contribution in [0.2, 0.25) is 5.15 Å². The number of anilines is 1. The fraction of sp³-hybridized carbons (Fsp3) is 0.429. The topological polar surface area (TPSA) is 76.1 Å². The van der Waals surface area contributed by atoms with E-state index >= 15 is 0 Å². The fourth-order valence-corrected chi connectivity index (χ4v) is 2.33. The zero-order valence-corrected chi connectivity index (χ0v) is 14.1. The van der Waals surface area contributed by atoms with Crippen LogP contribution in [0.1, 0.15) is 33.3 Å². The minimum atomic E-state index is -3.59. The molecule has 0 bridgehead atoms. The van der Waals surface area contributed by atoms with Gasteiger partial charge < -0.3 is 5.32 Å². The molecule has 0 saturated heterocycles. The van der Waals surface area contributed by atoms with E-state index in [0.29, 0.717) is 5.56 Å². The van der Waals surface area contributed by atoms with Gasteiger partial charge in [0.2, 0.25) is 5.91 Å². The summed E-state index contributed by atoms with van der Waals surface area (Å²) in [6, 6.07) is 1.32. The SMILES string of the molecule is CC#Cc1cc(S(C)(=O)=O)c(NC(=O)C(C)(C)C)nc1Cl. The van der Waals surface area contributed by atoms with Crippen molar-refractivity contribution in [3.8, 4) is 11.8 Å². The summed E-state index contributed by atoms with van der Waals surface area (Å²) < 4.78 is 23.7. The van der Waals surface area contributed by atoms with Gasteiger partial charge >= 0.3 is 0 Å². The molecule has 114 valence electrons. The summed E-state index contributed by atoms with van der Waals surface area (Å²) in [7, 11) is -3.59. The van der Waals surface area contributed by atoms with Crippen LogP contribution in [0.5, 0.6) is 0 Å². The number of sulfone groups is 1. The van der Waals surface area contributed by atoms with Gasteiger partial charge in [-0.05, 0) is 13.0 Å². The number of halogens is 1. The van der Waals surface area contributed by atoms with Crippen LogP contribution < -0.4 is 5.32 Å². The Labute approximate surface area is 130 Å². The van der Waals surface area contributed by atoms with Gasteiger partial charge in [-0.3, -0.25) is 4.79 Å². The second kappa shape index (κ2) is 6.04. The number of pyridine rings is 1. The Bertz CT molecular complexity index is 738. The molecule has 0 aromatic carbocycles. The average molecular weight is 329 g/mol. The van der Waals surface area contributed by atoms with Crippen LogP contribution >= 0.6 is 11.6 Å². The highest BCUT2D eigenvalue weighted by atomic mass is 35.5. The number of nitrogens with one attached hydrogen (secondary N) is 1. The maximum absolute atomic E-state index is 12.0. The van der Waals surface area contributed by atoms with Crippen LogP contribution in [0.15, 0.2) is 11.0 Å². The highest BCUT2D eigenvalue weighted by Gasteiger charge is 2.25. The third-order valence-corrected chi connectivity index (χ3v) is 3.91. The Morgan fingerprint density at radius 2 is 1.95 bits per heavy atom. The highest BCUT2D eigenvalue weighted by molar-refractivity contribution is 7.90. The molecule has 5 nitrogen and oxygen atoms in total. The van der Waals surface area contributed by atoms with Crippen molar-refractivity contribution in [1.29, 1.82) is 0 Å². The first-order valence-electron chi connectivity index (χ1n) is 6.11. The van der Waals surface area contributed by atoms with Gasteiger partial charge in [-0.15, -0.1) is 5.92 Å². The molecule has 0 aliphatic heterocycles. The summed E-state index contributed by atoms with van der Waals surface area (Å²) >= 11 is 5.97. The number of amides is 1. The summed E-state index contributed by atoms with van der Waals surface area (Å²) in [4.78, 5) is 15.9. The maximum atomic E-state index is 12.0. The van der Waals surface area contributed by atoms with Crippen LogP contribution in [0.25, 0.3) is 0 Å². The fourth-order valence-electron chi connectivity index (χ4n) is 1.36. The molecule has 1 rings (SSSR count). The third-order valence-electron chi connectivity index (χ3n) is 2.51. The van der Waals surface area contributed by atoms with Gasteiger partial charge in [-0.1, -0.05) is 38.3 Å². The Morgan fingerprint density at radius 1 is 1.38 bits per heavy atom. The molecule has 1 amide bonds. The van der Waals surface area contributed by atoms with E-state index in [1.165, 1.54) is 6.07 Å². The number of carbonyl (C=O) groups excluding carboxylic acids is 1. The van der Waals surface area contributed by atoms with Crippen LogP contribution in [-0.4, -0.2) is 25.6 Å². The molecule has 1 heterocycles. The monoisotopic (exact) mass is 328 g/mol. The minimum Gasteiger partial charge on any atom is -0.309 e. The maximum Gasteiger partial charge on any atom is 0.230 e. The van der Waals surface area contributed by atoms with Crippen LogP contribution in [0.4, 0.5) is 5.82 Å². The summed E-state index contributed by atoms with van der Waals surface area (Å²) in [6.45, 7) is 6.73. The van der Waals surface area contributed by atoms with Crippen molar-refractivity contribution in [2.75, 3.05) is 11.6 Å². The van der Waals surface area contributed by atoms with Crippen LogP contribution in [-0.2, 0) is 14.6 Å². The molecule has 21 heavy (non-hydrogen) atoms. The van der Waals surface area contributed by atoms with E-state index in [-0.39, 0.29) is 21.8 Å². The zero-order chi connectivity index (χ0) is 16.4. The largest absolute Gasteiger partial charge is 0.309 e. The van der Waals surface area contributed by atoms with Crippen LogP contribution in [0, 0.1) is 17.3 Å². The molecule has 0 fully saturated rings. The Hall–Kier alpha value is -1.58. The molecule has 7 heteroatoms. The van der Waals surface area contributed by atoms with E-state index < -0.39 is 15.3 Å². The number of carbonyl (C=O) groups is 1. The Kier molecular flexibility index (Phi) is 5.03. The molecule has 0 aliphatic rings. The summed E-state index contributed by atoms with van der Waals surface area (Å²) in [5.74, 6) is 4.87. The first-order chi connectivity index (χ1) is 9.46. The second-order valence-corrected chi connectivity index (χ2v) is 7.87. The molecule has 1 aromatic rings. The van der Waals surface area contributed by atoms with Gasteiger partial charge in [0.25, 0.3) is 0 Å². The van der Waals surface area contributed by atoms with Crippen molar-refractivity contribution in [3.63, 3.8) is 0 Å². The molecule has 0 aliphatic carbocycles. The number of aromatic nitrogens is 1. The predicted octanol–water partition coefficient (Wildman–Crippen LogP) is 2.49. The highest BCUT2D eigenvalue weighted by Crippen LogP contribution is 2.26. The number of hydrogen-bond donors (Lipinski definition) is 1. The van der Waals surface area contributed by atoms with E-state index in [0.717, 1.165) is 6.26 Å². The van der Waals surface area contributed by atoms with Crippen molar-refractivity contribution in [1.82, 2.24) is 4.98 Å². The zero-order valence-electron chi connectivity index (χ0n) is 12.5. The summed E-state index contributed by atoms with van der Waals surface area (Å²) in [5.41, 5.74) is -0.390. The average Bonchev–Trinajstić information content (AvgIpc) is 2.29. The summed E-state index contributed by atoms with van der Waals surface area (Å²) in [6.07, 6.45) is 1.04. The van der Waals surface area contributed by atoms with Crippen molar-refractivity contribution in [2.24, 2.45) is 5.41 Å². The van der Waals surface area contributed by atoms with Gasteiger partial charge in [0.1, 0.15) is 10.0 Å². The number of nitrogens with zero attached hydrogens (tertiary/aromatic N) is 1. The van der Waals surface area contributed by atoms with Gasteiger partial charge in [-0.25, -0.2) is 13.4 Å². The van der Waals surface area contributed by atoms with Crippen molar-refractivity contribution in [2.45, 2.75) is 32.6 Å². The molecule has 0 radical (unpaired) electrons. The lowest BCUT2D eigenvalue weighted by atomic mass is 9.96. The predicted molar refractivity (Wildman–Crippen MR) is 83.0 cm³/mol. The lowest BCUT2D eigenvalue weighted by molar-refractivity contribution is -0.123. The molecule has 0 unspecified atom stereocenters. The van der Waals surface area contributed by atoms with E-state index in [1.54, 1.807) is 27.7 Å². The Morgan fingerprint density at radius 3 is 2.38 bits per heavy atom.